The van der Waals surface area contributed by atoms with Gasteiger partial charge in [-0.15, -0.1) is 0 Å². The van der Waals surface area contributed by atoms with Gasteiger partial charge in [0.15, 0.2) is 0 Å². The minimum Gasteiger partial charge on any atom is -0.326 e. The zero-order valence-electron chi connectivity index (χ0n) is 12.7. The van der Waals surface area contributed by atoms with Crippen LogP contribution in [0, 0.1) is 5.82 Å². The van der Waals surface area contributed by atoms with Gasteiger partial charge >= 0.3 is 0 Å². The molecule has 2 rings (SSSR count). The second-order valence-corrected chi connectivity index (χ2v) is 6.02. The van der Waals surface area contributed by atoms with Crippen LogP contribution in [0.5, 0.6) is 0 Å². The van der Waals surface area contributed by atoms with Crippen molar-refractivity contribution in [1.82, 2.24) is 9.80 Å². The maximum Gasteiger partial charge on any atom is 0.123 e. The van der Waals surface area contributed by atoms with Gasteiger partial charge in [0, 0.05) is 44.3 Å². The van der Waals surface area contributed by atoms with Crippen LogP contribution in [0.15, 0.2) is 24.3 Å². The summed E-state index contributed by atoms with van der Waals surface area (Å²) in [6.45, 7) is 10.5. The summed E-state index contributed by atoms with van der Waals surface area (Å²) in [5, 5.41) is 0. The van der Waals surface area contributed by atoms with Crippen LogP contribution in [0.25, 0.3) is 0 Å². The molecule has 0 bridgehead atoms. The van der Waals surface area contributed by atoms with Crippen molar-refractivity contribution in [3.8, 4) is 0 Å². The van der Waals surface area contributed by atoms with Gasteiger partial charge in [-0.2, -0.15) is 0 Å². The fourth-order valence-corrected chi connectivity index (χ4v) is 3.07. The van der Waals surface area contributed by atoms with Crippen molar-refractivity contribution in [2.24, 2.45) is 5.73 Å². The molecule has 1 aromatic rings. The Labute approximate surface area is 121 Å². The predicted molar refractivity (Wildman–Crippen MR) is 81.1 cm³/mol. The van der Waals surface area contributed by atoms with Crippen molar-refractivity contribution in [2.75, 3.05) is 26.2 Å². The Morgan fingerprint density at radius 1 is 1.05 bits per heavy atom. The second kappa shape index (κ2) is 6.66. The molecule has 1 heterocycles. The van der Waals surface area contributed by atoms with E-state index in [0.717, 1.165) is 31.7 Å². The van der Waals surface area contributed by atoms with E-state index in [4.69, 9.17) is 5.73 Å². The SMILES string of the molecule is CC(N)C(c1cccc(F)c1)N1CCN(C(C)C)CC1. The van der Waals surface area contributed by atoms with Crippen molar-refractivity contribution in [2.45, 2.75) is 38.9 Å². The predicted octanol–water partition coefficient (Wildman–Crippen LogP) is 2.24. The molecule has 1 aromatic carbocycles. The average molecular weight is 279 g/mol. The molecule has 0 spiro atoms. The maximum atomic E-state index is 13.5. The van der Waals surface area contributed by atoms with Crippen molar-refractivity contribution in [1.29, 1.82) is 0 Å². The minimum atomic E-state index is -0.186. The molecule has 0 saturated carbocycles. The Hall–Kier alpha value is -0.970. The molecule has 1 aliphatic rings. The molecule has 20 heavy (non-hydrogen) atoms. The molecule has 3 nitrogen and oxygen atoms in total. The summed E-state index contributed by atoms with van der Waals surface area (Å²) in [6, 6.07) is 7.51. The molecule has 2 atom stereocenters. The van der Waals surface area contributed by atoms with E-state index in [1.165, 1.54) is 6.07 Å². The van der Waals surface area contributed by atoms with Crippen molar-refractivity contribution in [3.05, 3.63) is 35.6 Å². The molecule has 1 saturated heterocycles. The molecule has 0 amide bonds. The van der Waals surface area contributed by atoms with Gasteiger partial charge in [-0.1, -0.05) is 12.1 Å². The van der Waals surface area contributed by atoms with Crippen LogP contribution in [0.2, 0.25) is 0 Å². The average Bonchev–Trinajstić information content (AvgIpc) is 2.39. The van der Waals surface area contributed by atoms with E-state index in [9.17, 15) is 4.39 Å². The number of halogens is 1. The first-order valence-corrected chi connectivity index (χ1v) is 7.48. The van der Waals surface area contributed by atoms with E-state index in [1.54, 1.807) is 12.1 Å². The fourth-order valence-electron chi connectivity index (χ4n) is 3.07. The number of benzene rings is 1. The first-order chi connectivity index (χ1) is 9.49. The van der Waals surface area contributed by atoms with Gasteiger partial charge in [0.25, 0.3) is 0 Å². The van der Waals surface area contributed by atoms with Gasteiger partial charge in [-0.05, 0) is 38.5 Å². The fraction of sp³-hybridized carbons (Fsp3) is 0.625. The van der Waals surface area contributed by atoms with Crippen LogP contribution < -0.4 is 5.73 Å². The van der Waals surface area contributed by atoms with Gasteiger partial charge in [0.1, 0.15) is 5.82 Å². The highest BCUT2D eigenvalue weighted by Crippen LogP contribution is 2.25. The smallest absolute Gasteiger partial charge is 0.123 e. The zero-order chi connectivity index (χ0) is 14.7. The lowest BCUT2D eigenvalue weighted by molar-refractivity contribution is 0.0704. The van der Waals surface area contributed by atoms with Crippen molar-refractivity contribution >= 4 is 0 Å². The Morgan fingerprint density at radius 3 is 2.15 bits per heavy atom. The molecule has 0 aromatic heterocycles. The van der Waals surface area contributed by atoms with Gasteiger partial charge in [0.05, 0.1) is 0 Å². The Balaban J connectivity index is 2.11. The molecular formula is C16H26FN3. The lowest BCUT2D eigenvalue weighted by atomic mass is 9.98. The van der Waals surface area contributed by atoms with Crippen LogP contribution in [-0.2, 0) is 0 Å². The third-order valence-electron chi connectivity index (χ3n) is 4.16. The molecule has 1 fully saturated rings. The number of hydrogen-bond donors (Lipinski definition) is 1. The highest BCUT2D eigenvalue weighted by Gasteiger charge is 2.28. The van der Waals surface area contributed by atoms with E-state index in [2.05, 4.69) is 23.6 Å². The molecule has 0 radical (unpaired) electrons. The summed E-state index contributed by atoms with van der Waals surface area (Å²) in [7, 11) is 0. The summed E-state index contributed by atoms with van der Waals surface area (Å²) >= 11 is 0. The molecule has 112 valence electrons. The highest BCUT2D eigenvalue weighted by molar-refractivity contribution is 5.22. The van der Waals surface area contributed by atoms with E-state index < -0.39 is 0 Å². The van der Waals surface area contributed by atoms with Crippen LogP contribution in [-0.4, -0.2) is 48.1 Å². The van der Waals surface area contributed by atoms with E-state index in [-0.39, 0.29) is 17.9 Å². The minimum absolute atomic E-state index is 0.0117. The maximum absolute atomic E-state index is 13.5. The lowest BCUT2D eigenvalue weighted by Gasteiger charge is -2.42. The van der Waals surface area contributed by atoms with Crippen molar-refractivity contribution in [3.63, 3.8) is 0 Å². The van der Waals surface area contributed by atoms with Gasteiger partial charge in [-0.25, -0.2) is 4.39 Å². The summed E-state index contributed by atoms with van der Waals surface area (Å²) < 4.78 is 13.5. The number of nitrogens with zero attached hydrogens (tertiary/aromatic N) is 2. The van der Waals surface area contributed by atoms with Crippen LogP contribution in [0.3, 0.4) is 0 Å². The van der Waals surface area contributed by atoms with Gasteiger partial charge in [-0.3, -0.25) is 9.80 Å². The van der Waals surface area contributed by atoms with Gasteiger partial charge in [0.2, 0.25) is 0 Å². The number of nitrogens with two attached hydrogens (primary N) is 1. The molecule has 1 aliphatic heterocycles. The first-order valence-electron chi connectivity index (χ1n) is 7.48. The summed E-state index contributed by atoms with van der Waals surface area (Å²) in [5.41, 5.74) is 7.15. The standard InChI is InChI=1S/C16H26FN3/c1-12(2)19-7-9-20(10-8-19)16(13(3)18)14-5-4-6-15(17)11-14/h4-6,11-13,16H,7-10,18H2,1-3H3. The summed E-state index contributed by atoms with van der Waals surface area (Å²) in [4.78, 5) is 4.86. The highest BCUT2D eigenvalue weighted by atomic mass is 19.1. The Morgan fingerprint density at radius 2 is 1.65 bits per heavy atom. The zero-order valence-corrected chi connectivity index (χ0v) is 12.7. The summed E-state index contributed by atoms with van der Waals surface area (Å²) in [5.74, 6) is -0.186. The van der Waals surface area contributed by atoms with E-state index >= 15 is 0 Å². The molecular weight excluding hydrogens is 253 g/mol. The molecule has 2 N–H and O–H groups in total. The Kier molecular flexibility index (Phi) is 5.13. The lowest BCUT2D eigenvalue weighted by Crippen LogP contribution is -2.52. The van der Waals surface area contributed by atoms with E-state index in [0.29, 0.717) is 6.04 Å². The Bertz CT molecular complexity index is 425. The second-order valence-electron chi connectivity index (χ2n) is 6.02. The number of hydrogen-bond acceptors (Lipinski definition) is 3. The van der Waals surface area contributed by atoms with Crippen LogP contribution >= 0.6 is 0 Å². The third-order valence-corrected chi connectivity index (χ3v) is 4.16. The first kappa shape index (κ1) is 15.4. The topological polar surface area (TPSA) is 32.5 Å². The largest absolute Gasteiger partial charge is 0.326 e. The number of piperazine rings is 1. The third kappa shape index (κ3) is 3.57. The van der Waals surface area contributed by atoms with Crippen LogP contribution in [0.1, 0.15) is 32.4 Å². The number of rotatable bonds is 4. The quantitative estimate of drug-likeness (QED) is 0.917. The summed E-state index contributed by atoms with van der Waals surface area (Å²) in [6.07, 6.45) is 0. The van der Waals surface area contributed by atoms with E-state index in [1.807, 2.05) is 13.0 Å². The van der Waals surface area contributed by atoms with Crippen molar-refractivity contribution < 1.29 is 4.39 Å². The molecule has 2 unspecified atom stereocenters. The molecule has 0 aliphatic carbocycles. The van der Waals surface area contributed by atoms with Crippen LogP contribution in [0.4, 0.5) is 4.39 Å². The van der Waals surface area contributed by atoms with Gasteiger partial charge < -0.3 is 5.73 Å². The normalized spacial score (nSPS) is 21.1. The molecule has 4 heteroatoms. The monoisotopic (exact) mass is 279 g/mol.